The van der Waals surface area contributed by atoms with Crippen molar-refractivity contribution in [2.45, 2.75) is 31.9 Å². The van der Waals surface area contributed by atoms with E-state index in [4.69, 9.17) is 9.84 Å². The number of piperidine rings is 1. The molecule has 1 saturated heterocycles. The average molecular weight is 312 g/mol. The fourth-order valence-corrected chi connectivity index (χ4v) is 2.89. The van der Waals surface area contributed by atoms with E-state index >= 15 is 0 Å². The monoisotopic (exact) mass is 312 g/mol. The lowest BCUT2D eigenvalue weighted by molar-refractivity contribution is -0.138. The zero-order chi connectivity index (χ0) is 15.1. The first-order valence-corrected chi connectivity index (χ1v) is 7.96. The van der Waals surface area contributed by atoms with Crippen LogP contribution in [0.4, 0.5) is 4.79 Å². The first-order chi connectivity index (χ1) is 10.1. The molecule has 2 N–H and O–H groups in total. The molecule has 2 rings (SSSR count). The third-order valence-electron chi connectivity index (χ3n) is 3.42. The molecule has 116 valence electrons. The molecule has 7 heteroatoms. The van der Waals surface area contributed by atoms with Crippen LogP contribution >= 0.6 is 11.3 Å². The summed E-state index contributed by atoms with van der Waals surface area (Å²) in [6.45, 7) is 2.09. The number of aliphatic carboxylic acids is 1. The van der Waals surface area contributed by atoms with Crippen LogP contribution in [0.2, 0.25) is 0 Å². The zero-order valence-electron chi connectivity index (χ0n) is 11.8. The van der Waals surface area contributed by atoms with E-state index in [0.717, 1.165) is 18.4 Å². The maximum atomic E-state index is 12.0. The van der Waals surface area contributed by atoms with E-state index in [9.17, 15) is 9.59 Å². The van der Waals surface area contributed by atoms with Crippen LogP contribution in [0, 0.1) is 0 Å². The lowest BCUT2D eigenvalue weighted by Crippen LogP contribution is -2.45. The Labute approximate surface area is 127 Å². The van der Waals surface area contributed by atoms with Crippen molar-refractivity contribution in [3.05, 3.63) is 22.4 Å². The number of urea groups is 1. The predicted molar refractivity (Wildman–Crippen MR) is 79.4 cm³/mol. The second kappa shape index (κ2) is 7.99. The number of carbonyl (C=O) groups excluding carboxylic acids is 1. The van der Waals surface area contributed by atoms with Gasteiger partial charge in [0.25, 0.3) is 0 Å². The Bertz CT molecular complexity index is 456. The molecule has 0 radical (unpaired) electrons. The summed E-state index contributed by atoms with van der Waals surface area (Å²) in [6, 6.07) is 1.94. The van der Waals surface area contributed by atoms with Gasteiger partial charge < -0.3 is 20.1 Å². The van der Waals surface area contributed by atoms with Crippen LogP contribution in [0.25, 0.3) is 0 Å². The number of hydrogen-bond donors (Lipinski definition) is 2. The summed E-state index contributed by atoms with van der Waals surface area (Å²) < 4.78 is 5.50. The third-order valence-corrected chi connectivity index (χ3v) is 4.15. The quantitative estimate of drug-likeness (QED) is 0.841. The fraction of sp³-hybridized carbons (Fsp3) is 0.571. The normalized spacial score (nSPS) is 15.9. The van der Waals surface area contributed by atoms with Crippen LogP contribution in [0.3, 0.4) is 0 Å². The van der Waals surface area contributed by atoms with E-state index in [1.807, 2.05) is 16.8 Å². The summed E-state index contributed by atoms with van der Waals surface area (Å²) in [5, 5.41) is 15.5. The summed E-state index contributed by atoms with van der Waals surface area (Å²) in [7, 11) is 0. The zero-order valence-corrected chi connectivity index (χ0v) is 12.6. The summed E-state index contributed by atoms with van der Waals surface area (Å²) in [4.78, 5) is 24.2. The van der Waals surface area contributed by atoms with Gasteiger partial charge in [-0.15, -0.1) is 0 Å². The van der Waals surface area contributed by atoms with Crippen LogP contribution < -0.4 is 5.32 Å². The molecule has 0 aromatic carbocycles. The number of hydrogen-bond acceptors (Lipinski definition) is 4. The Balaban J connectivity index is 1.63. The van der Waals surface area contributed by atoms with Gasteiger partial charge in [0, 0.05) is 19.6 Å². The number of thiophene rings is 1. The first kappa shape index (κ1) is 15.8. The number of carboxylic acids is 1. The molecule has 21 heavy (non-hydrogen) atoms. The van der Waals surface area contributed by atoms with Crippen molar-refractivity contribution in [1.29, 1.82) is 0 Å². The second-order valence-electron chi connectivity index (χ2n) is 4.99. The van der Waals surface area contributed by atoms with Gasteiger partial charge in [-0.25, -0.2) is 4.79 Å². The molecule has 0 spiro atoms. The van der Waals surface area contributed by atoms with E-state index in [1.54, 1.807) is 16.2 Å². The number of carboxylic acid groups (broad SMARTS) is 1. The van der Waals surface area contributed by atoms with Crippen molar-refractivity contribution < 1.29 is 19.4 Å². The van der Waals surface area contributed by atoms with Gasteiger partial charge in [-0.05, 0) is 35.2 Å². The highest BCUT2D eigenvalue weighted by molar-refractivity contribution is 7.07. The first-order valence-electron chi connectivity index (χ1n) is 7.02. The Morgan fingerprint density at radius 2 is 2.19 bits per heavy atom. The van der Waals surface area contributed by atoms with Gasteiger partial charge in [0.2, 0.25) is 0 Å². The highest BCUT2D eigenvalue weighted by Gasteiger charge is 2.23. The van der Waals surface area contributed by atoms with Crippen LogP contribution in [0.15, 0.2) is 16.8 Å². The summed E-state index contributed by atoms with van der Waals surface area (Å²) in [5.41, 5.74) is 1.11. The number of carbonyl (C=O) groups is 2. The Morgan fingerprint density at radius 3 is 2.81 bits per heavy atom. The van der Waals surface area contributed by atoms with Crippen molar-refractivity contribution >= 4 is 23.3 Å². The van der Waals surface area contributed by atoms with Gasteiger partial charge >= 0.3 is 12.0 Å². The number of amides is 2. The molecule has 2 amide bonds. The van der Waals surface area contributed by atoms with Gasteiger partial charge in [0.15, 0.2) is 0 Å². The summed E-state index contributed by atoms with van der Waals surface area (Å²) in [6.07, 6.45) is 1.60. The molecular weight excluding hydrogens is 292 g/mol. The SMILES string of the molecule is O=C(O)CCOC1CCN(C(=O)NCc2ccsc2)CC1. The highest BCUT2D eigenvalue weighted by Crippen LogP contribution is 2.14. The smallest absolute Gasteiger partial charge is 0.317 e. The maximum Gasteiger partial charge on any atom is 0.317 e. The van der Waals surface area contributed by atoms with Gasteiger partial charge in [-0.3, -0.25) is 4.79 Å². The molecule has 0 aliphatic carbocycles. The molecule has 1 aromatic rings. The molecule has 6 nitrogen and oxygen atoms in total. The molecule has 0 unspecified atom stereocenters. The summed E-state index contributed by atoms with van der Waals surface area (Å²) in [5.74, 6) is -0.847. The van der Waals surface area contributed by atoms with E-state index in [-0.39, 0.29) is 25.2 Å². The van der Waals surface area contributed by atoms with E-state index in [2.05, 4.69) is 5.32 Å². The van der Waals surface area contributed by atoms with Crippen molar-refractivity contribution in [3.63, 3.8) is 0 Å². The highest BCUT2D eigenvalue weighted by atomic mass is 32.1. The lowest BCUT2D eigenvalue weighted by atomic mass is 10.1. The topological polar surface area (TPSA) is 78.9 Å². The Morgan fingerprint density at radius 1 is 1.43 bits per heavy atom. The number of rotatable bonds is 6. The van der Waals surface area contributed by atoms with Crippen LogP contribution in [-0.2, 0) is 16.1 Å². The number of nitrogens with one attached hydrogen (secondary N) is 1. The van der Waals surface area contributed by atoms with Gasteiger partial charge in [0.05, 0.1) is 19.1 Å². The lowest BCUT2D eigenvalue weighted by Gasteiger charge is -2.31. The minimum atomic E-state index is -0.847. The molecule has 1 aliphatic heterocycles. The summed E-state index contributed by atoms with van der Waals surface area (Å²) >= 11 is 1.61. The molecule has 2 heterocycles. The molecule has 0 atom stereocenters. The van der Waals surface area contributed by atoms with Crippen molar-refractivity contribution in [2.75, 3.05) is 19.7 Å². The average Bonchev–Trinajstić information content (AvgIpc) is 2.98. The number of ether oxygens (including phenoxy) is 1. The molecule has 1 fully saturated rings. The van der Waals surface area contributed by atoms with Gasteiger partial charge in [-0.2, -0.15) is 11.3 Å². The van der Waals surface area contributed by atoms with Crippen molar-refractivity contribution in [2.24, 2.45) is 0 Å². The maximum absolute atomic E-state index is 12.0. The minimum absolute atomic E-state index is 0.0291. The molecule has 1 aromatic heterocycles. The van der Waals surface area contributed by atoms with Crippen molar-refractivity contribution in [1.82, 2.24) is 10.2 Å². The van der Waals surface area contributed by atoms with Crippen LogP contribution in [0.5, 0.6) is 0 Å². The van der Waals surface area contributed by atoms with Gasteiger partial charge in [-0.1, -0.05) is 0 Å². The largest absolute Gasteiger partial charge is 0.481 e. The Kier molecular flexibility index (Phi) is 6.01. The third kappa shape index (κ3) is 5.35. The van der Waals surface area contributed by atoms with E-state index < -0.39 is 5.97 Å². The molecule has 0 saturated carbocycles. The van der Waals surface area contributed by atoms with Crippen LogP contribution in [-0.4, -0.2) is 47.8 Å². The van der Waals surface area contributed by atoms with Gasteiger partial charge in [0.1, 0.15) is 0 Å². The predicted octanol–water partition coefficient (Wildman–Crippen LogP) is 1.91. The standard InChI is InChI=1S/C14H20N2O4S/c17-13(18)3-7-20-12-1-5-16(6-2-12)14(19)15-9-11-4-8-21-10-11/h4,8,10,12H,1-3,5-7,9H2,(H,15,19)(H,17,18). The van der Waals surface area contributed by atoms with E-state index in [0.29, 0.717) is 19.6 Å². The van der Waals surface area contributed by atoms with E-state index in [1.165, 1.54) is 0 Å². The molecule has 1 aliphatic rings. The minimum Gasteiger partial charge on any atom is -0.481 e. The number of nitrogens with zero attached hydrogens (tertiary/aromatic N) is 1. The van der Waals surface area contributed by atoms with Crippen LogP contribution in [0.1, 0.15) is 24.8 Å². The molecular formula is C14H20N2O4S. The van der Waals surface area contributed by atoms with Crippen molar-refractivity contribution in [3.8, 4) is 0 Å². The Hall–Kier alpha value is -1.60. The number of likely N-dealkylation sites (tertiary alicyclic amines) is 1. The molecule has 0 bridgehead atoms. The second-order valence-corrected chi connectivity index (χ2v) is 5.77. The fourth-order valence-electron chi connectivity index (χ4n) is 2.22.